The zero-order valence-corrected chi connectivity index (χ0v) is 16.0. The summed E-state index contributed by atoms with van der Waals surface area (Å²) in [7, 11) is 0. The maximum atomic E-state index is 14.1. The van der Waals surface area contributed by atoms with Crippen LogP contribution < -0.4 is 9.80 Å². The summed E-state index contributed by atoms with van der Waals surface area (Å²) in [6.07, 6.45) is 0.0425. The standard InChI is InChI=1S/C21H18FN3O2S/c1-14-13-28-21(23-14)25(16-7-3-2-4-8-16)20(27)15-11-19(26)24(12-15)18-10-6-5-9-17(18)22/h2-10,13,15H,11-12H2,1H3. The van der Waals surface area contributed by atoms with Crippen molar-refractivity contribution < 1.29 is 14.0 Å². The summed E-state index contributed by atoms with van der Waals surface area (Å²) >= 11 is 1.38. The van der Waals surface area contributed by atoms with Crippen LogP contribution >= 0.6 is 11.3 Å². The maximum Gasteiger partial charge on any atom is 0.238 e. The van der Waals surface area contributed by atoms with Gasteiger partial charge in [0.2, 0.25) is 11.8 Å². The highest BCUT2D eigenvalue weighted by Gasteiger charge is 2.39. The Labute approximate surface area is 166 Å². The van der Waals surface area contributed by atoms with Crippen LogP contribution in [0.5, 0.6) is 0 Å². The zero-order valence-electron chi connectivity index (χ0n) is 15.2. The predicted octanol–water partition coefficient (Wildman–Crippen LogP) is 4.31. The molecule has 28 heavy (non-hydrogen) atoms. The van der Waals surface area contributed by atoms with Gasteiger partial charge in [0, 0.05) is 18.3 Å². The lowest BCUT2D eigenvalue weighted by atomic mass is 10.1. The summed E-state index contributed by atoms with van der Waals surface area (Å²) in [6.45, 7) is 2.01. The fourth-order valence-corrected chi connectivity index (χ4v) is 4.14. The molecule has 1 unspecified atom stereocenters. The van der Waals surface area contributed by atoms with E-state index in [0.29, 0.717) is 10.8 Å². The molecule has 0 spiro atoms. The fourth-order valence-electron chi connectivity index (χ4n) is 3.31. The average molecular weight is 395 g/mol. The van der Waals surface area contributed by atoms with E-state index in [-0.39, 0.29) is 30.5 Å². The molecular weight excluding hydrogens is 377 g/mol. The Morgan fingerprint density at radius 3 is 2.57 bits per heavy atom. The number of aromatic nitrogens is 1. The molecule has 7 heteroatoms. The molecule has 2 aromatic carbocycles. The molecule has 142 valence electrons. The van der Waals surface area contributed by atoms with Crippen LogP contribution in [0.3, 0.4) is 0 Å². The molecule has 5 nitrogen and oxygen atoms in total. The highest BCUT2D eigenvalue weighted by atomic mass is 32.1. The second-order valence-corrected chi connectivity index (χ2v) is 7.47. The van der Waals surface area contributed by atoms with Crippen molar-refractivity contribution >= 4 is 39.7 Å². The Hall–Kier alpha value is -3.06. The topological polar surface area (TPSA) is 53.5 Å². The molecule has 0 bridgehead atoms. The monoisotopic (exact) mass is 395 g/mol. The molecule has 1 fully saturated rings. The zero-order chi connectivity index (χ0) is 19.7. The Kier molecular flexibility index (Phi) is 4.92. The van der Waals surface area contributed by atoms with E-state index >= 15 is 0 Å². The van der Waals surface area contributed by atoms with Crippen LogP contribution in [0.15, 0.2) is 60.0 Å². The van der Waals surface area contributed by atoms with Crippen molar-refractivity contribution in [3.05, 3.63) is 71.5 Å². The van der Waals surface area contributed by atoms with Crippen LogP contribution in [0.25, 0.3) is 0 Å². The smallest absolute Gasteiger partial charge is 0.238 e. The first kappa shape index (κ1) is 18.3. The van der Waals surface area contributed by atoms with Crippen molar-refractivity contribution in [1.82, 2.24) is 4.98 Å². The molecule has 1 saturated heterocycles. The van der Waals surface area contributed by atoms with Crippen LogP contribution in [0, 0.1) is 18.7 Å². The van der Waals surface area contributed by atoms with Crippen LogP contribution in [0.4, 0.5) is 20.9 Å². The molecule has 1 aliphatic rings. The van der Waals surface area contributed by atoms with Gasteiger partial charge < -0.3 is 4.90 Å². The lowest BCUT2D eigenvalue weighted by Crippen LogP contribution is -2.34. The predicted molar refractivity (Wildman–Crippen MR) is 107 cm³/mol. The van der Waals surface area contributed by atoms with E-state index in [1.807, 2.05) is 42.6 Å². The summed E-state index contributed by atoms with van der Waals surface area (Å²) in [5.41, 5.74) is 1.72. The minimum Gasteiger partial charge on any atom is -0.309 e. The number of aryl methyl sites for hydroxylation is 1. The van der Waals surface area contributed by atoms with Crippen molar-refractivity contribution in [1.29, 1.82) is 0 Å². The number of thiazole rings is 1. The van der Waals surface area contributed by atoms with E-state index in [0.717, 1.165) is 5.69 Å². The molecule has 0 N–H and O–H groups in total. The number of para-hydroxylation sites is 2. The third kappa shape index (κ3) is 3.41. The first-order valence-electron chi connectivity index (χ1n) is 8.90. The van der Waals surface area contributed by atoms with Gasteiger partial charge in [-0.2, -0.15) is 0 Å². The molecule has 2 heterocycles. The molecule has 1 aromatic heterocycles. The summed E-state index contributed by atoms with van der Waals surface area (Å²) in [4.78, 5) is 33.3. The fraction of sp³-hybridized carbons (Fsp3) is 0.190. The highest BCUT2D eigenvalue weighted by Crippen LogP contribution is 2.34. The van der Waals surface area contributed by atoms with Crippen molar-refractivity contribution in [3.8, 4) is 0 Å². The lowest BCUT2D eigenvalue weighted by Gasteiger charge is -2.23. The van der Waals surface area contributed by atoms with Gasteiger partial charge in [0.1, 0.15) is 5.82 Å². The number of hydrogen-bond donors (Lipinski definition) is 0. The van der Waals surface area contributed by atoms with Gasteiger partial charge in [0.25, 0.3) is 0 Å². The molecule has 3 aromatic rings. The number of hydrogen-bond acceptors (Lipinski definition) is 4. The Bertz CT molecular complexity index is 1020. The SMILES string of the molecule is Cc1csc(N(C(=O)C2CC(=O)N(c3ccccc3F)C2)c2ccccc2)n1. The average Bonchev–Trinajstić information content (AvgIpc) is 3.29. The minimum atomic E-state index is -0.573. The third-order valence-corrected chi connectivity index (χ3v) is 5.59. The van der Waals surface area contributed by atoms with Crippen LogP contribution in [-0.4, -0.2) is 23.3 Å². The van der Waals surface area contributed by atoms with E-state index in [9.17, 15) is 14.0 Å². The van der Waals surface area contributed by atoms with Gasteiger partial charge in [-0.05, 0) is 31.2 Å². The van der Waals surface area contributed by atoms with Gasteiger partial charge in [-0.3, -0.25) is 14.5 Å². The highest BCUT2D eigenvalue weighted by molar-refractivity contribution is 7.14. The van der Waals surface area contributed by atoms with Gasteiger partial charge in [0.05, 0.1) is 23.0 Å². The number of amides is 2. The number of rotatable bonds is 4. The van der Waals surface area contributed by atoms with Gasteiger partial charge in [0.15, 0.2) is 5.13 Å². The molecule has 1 atom stereocenters. The Morgan fingerprint density at radius 2 is 1.89 bits per heavy atom. The molecule has 2 amide bonds. The van der Waals surface area contributed by atoms with Gasteiger partial charge in [-0.15, -0.1) is 11.3 Å². The van der Waals surface area contributed by atoms with E-state index in [1.54, 1.807) is 23.1 Å². The summed E-state index contributed by atoms with van der Waals surface area (Å²) in [5, 5.41) is 2.44. The first-order chi connectivity index (χ1) is 13.5. The summed E-state index contributed by atoms with van der Waals surface area (Å²) < 4.78 is 14.1. The molecular formula is C21H18FN3O2S. The molecule has 0 saturated carbocycles. The van der Waals surface area contributed by atoms with Crippen LogP contribution in [0.1, 0.15) is 12.1 Å². The minimum absolute atomic E-state index is 0.0425. The maximum absolute atomic E-state index is 14.1. The second-order valence-electron chi connectivity index (χ2n) is 6.64. The molecule has 0 radical (unpaired) electrons. The van der Waals surface area contributed by atoms with E-state index in [2.05, 4.69) is 4.98 Å². The van der Waals surface area contributed by atoms with Crippen molar-refractivity contribution in [3.63, 3.8) is 0 Å². The van der Waals surface area contributed by atoms with Crippen LogP contribution in [0.2, 0.25) is 0 Å². The normalized spacial score (nSPS) is 16.4. The quantitative estimate of drug-likeness (QED) is 0.662. The van der Waals surface area contributed by atoms with Gasteiger partial charge >= 0.3 is 0 Å². The number of carbonyl (C=O) groups excluding carboxylic acids is 2. The lowest BCUT2D eigenvalue weighted by molar-refractivity contribution is -0.123. The third-order valence-electron chi connectivity index (χ3n) is 4.65. The second kappa shape index (κ2) is 7.52. The Morgan fingerprint density at radius 1 is 1.18 bits per heavy atom. The van der Waals surface area contributed by atoms with Crippen LogP contribution in [-0.2, 0) is 9.59 Å². The van der Waals surface area contributed by atoms with Gasteiger partial charge in [-0.1, -0.05) is 30.3 Å². The summed E-state index contributed by atoms with van der Waals surface area (Å²) in [5.74, 6) is -1.52. The van der Waals surface area contributed by atoms with E-state index in [1.165, 1.54) is 22.3 Å². The van der Waals surface area contributed by atoms with Crippen molar-refractivity contribution in [2.24, 2.45) is 5.92 Å². The molecule has 0 aliphatic carbocycles. The number of benzene rings is 2. The Balaban J connectivity index is 1.65. The largest absolute Gasteiger partial charge is 0.309 e. The molecule has 1 aliphatic heterocycles. The van der Waals surface area contributed by atoms with E-state index < -0.39 is 11.7 Å². The van der Waals surface area contributed by atoms with Crippen molar-refractivity contribution in [2.75, 3.05) is 16.3 Å². The number of carbonyl (C=O) groups is 2. The van der Waals surface area contributed by atoms with Crippen molar-refractivity contribution in [2.45, 2.75) is 13.3 Å². The number of nitrogens with zero attached hydrogens (tertiary/aromatic N) is 3. The van der Waals surface area contributed by atoms with E-state index in [4.69, 9.17) is 0 Å². The summed E-state index contributed by atoms with van der Waals surface area (Å²) in [6, 6.07) is 15.4. The number of anilines is 3. The number of halogens is 1. The molecule has 4 rings (SSSR count). The van der Waals surface area contributed by atoms with Gasteiger partial charge in [-0.25, -0.2) is 9.37 Å². The first-order valence-corrected chi connectivity index (χ1v) is 9.78.